The SMILES string of the molecule is O=C(O)C(CCCCCOc1ccc2cc(-c3nc4ccc(OCc5ccccc5)cc4o3)ccc2c1)C(=O)O. The summed E-state index contributed by atoms with van der Waals surface area (Å²) < 4.78 is 17.8. The molecule has 5 rings (SSSR count). The molecule has 2 N–H and O–H groups in total. The Morgan fingerprint density at radius 1 is 0.775 bits per heavy atom. The molecule has 0 aliphatic rings. The molecule has 0 amide bonds. The van der Waals surface area contributed by atoms with Crippen molar-refractivity contribution in [2.45, 2.75) is 32.3 Å². The van der Waals surface area contributed by atoms with Gasteiger partial charge in [-0.2, -0.15) is 0 Å². The van der Waals surface area contributed by atoms with Crippen LogP contribution in [0.25, 0.3) is 33.3 Å². The Morgan fingerprint density at radius 2 is 1.50 bits per heavy atom. The summed E-state index contributed by atoms with van der Waals surface area (Å²) >= 11 is 0. The largest absolute Gasteiger partial charge is 0.494 e. The van der Waals surface area contributed by atoms with E-state index in [1.165, 1.54) is 0 Å². The van der Waals surface area contributed by atoms with E-state index in [4.69, 9.17) is 24.1 Å². The number of hydrogen-bond acceptors (Lipinski definition) is 6. The number of oxazole rings is 1. The first-order valence-corrected chi connectivity index (χ1v) is 13.2. The number of ether oxygens (including phenoxy) is 2. The number of hydrogen-bond donors (Lipinski definition) is 2. The van der Waals surface area contributed by atoms with E-state index in [1.807, 2.05) is 84.9 Å². The molecular weight excluding hydrogens is 510 g/mol. The molecule has 0 radical (unpaired) electrons. The number of carbonyl (C=O) groups is 2. The number of carboxylic acid groups (broad SMARTS) is 2. The van der Waals surface area contributed by atoms with Crippen LogP contribution in [0.5, 0.6) is 11.5 Å². The number of carboxylic acids is 2. The molecule has 5 aromatic rings. The maximum absolute atomic E-state index is 11.0. The quantitative estimate of drug-likeness (QED) is 0.122. The lowest BCUT2D eigenvalue weighted by Crippen LogP contribution is -2.23. The van der Waals surface area contributed by atoms with Gasteiger partial charge >= 0.3 is 11.9 Å². The zero-order valence-electron chi connectivity index (χ0n) is 21.8. The molecule has 8 nitrogen and oxygen atoms in total. The van der Waals surface area contributed by atoms with Crippen LogP contribution in [0.1, 0.15) is 31.2 Å². The number of nitrogens with zero attached hydrogens (tertiary/aromatic N) is 1. The molecular formula is C32H29NO7. The summed E-state index contributed by atoms with van der Waals surface area (Å²) in [7, 11) is 0. The van der Waals surface area contributed by atoms with Crippen molar-refractivity contribution in [2.75, 3.05) is 6.61 Å². The van der Waals surface area contributed by atoms with Crippen molar-refractivity contribution in [2.24, 2.45) is 5.92 Å². The highest BCUT2D eigenvalue weighted by atomic mass is 16.5. The van der Waals surface area contributed by atoms with Crippen LogP contribution < -0.4 is 9.47 Å². The minimum atomic E-state index is -1.35. The predicted octanol–water partition coefficient (Wildman–Crippen LogP) is 6.95. The average Bonchev–Trinajstić information content (AvgIpc) is 3.39. The van der Waals surface area contributed by atoms with E-state index in [-0.39, 0.29) is 6.42 Å². The summed E-state index contributed by atoms with van der Waals surface area (Å²) in [5.74, 6) is -1.95. The van der Waals surface area contributed by atoms with Gasteiger partial charge in [-0.1, -0.05) is 55.3 Å². The molecule has 0 saturated carbocycles. The van der Waals surface area contributed by atoms with E-state index < -0.39 is 17.9 Å². The minimum Gasteiger partial charge on any atom is -0.494 e. The van der Waals surface area contributed by atoms with E-state index in [0.717, 1.165) is 38.9 Å². The molecule has 0 unspecified atom stereocenters. The Morgan fingerprint density at radius 3 is 2.30 bits per heavy atom. The molecule has 0 aliphatic carbocycles. The van der Waals surface area contributed by atoms with Gasteiger partial charge < -0.3 is 24.1 Å². The van der Waals surface area contributed by atoms with Crippen molar-refractivity contribution < 1.29 is 33.7 Å². The number of unbranched alkanes of at least 4 members (excludes halogenated alkanes) is 2. The molecule has 0 spiro atoms. The first kappa shape index (κ1) is 26.7. The highest BCUT2D eigenvalue weighted by Crippen LogP contribution is 2.30. The van der Waals surface area contributed by atoms with Crippen LogP contribution in [-0.4, -0.2) is 33.7 Å². The first-order chi connectivity index (χ1) is 19.5. The van der Waals surface area contributed by atoms with Crippen molar-refractivity contribution >= 4 is 33.8 Å². The fourth-order valence-corrected chi connectivity index (χ4v) is 4.48. The summed E-state index contributed by atoms with van der Waals surface area (Å²) in [4.78, 5) is 26.6. The number of benzene rings is 4. The zero-order chi connectivity index (χ0) is 27.9. The average molecular weight is 540 g/mol. The summed E-state index contributed by atoms with van der Waals surface area (Å²) in [5, 5.41) is 19.9. The molecule has 0 saturated heterocycles. The monoisotopic (exact) mass is 539 g/mol. The van der Waals surface area contributed by atoms with E-state index in [9.17, 15) is 9.59 Å². The minimum absolute atomic E-state index is 0.117. The number of aliphatic carboxylic acids is 2. The molecule has 8 heteroatoms. The van der Waals surface area contributed by atoms with Gasteiger partial charge in [-0.05, 0) is 65.6 Å². The smallest absolute Gasteiger partial charge is 0.317 e. The molecule has 0 atom stereocenters. The summed E-state index contributed by atoms with van der Waals surface area (Å²) in [6.45, 7) is 0.943. The number of fused-ring (bicyclic) bond motifs is 2. The van der Waals surface area contributed by atoms with Gasteiger partial charge in [0.2, 0.25) is 5.89 Å². The Bertz CT molecular complexity index is 1610. The molecule has 0 aliphatic heterocycles. The van der Waals surface area contributed by atoms with E-state index >= 15 is 0 Å². The maximum Gasteiger partial charge on any atom is 0.317 e. The number of rotatable bonds is 13. The highest BCUT2D eigenvalue weighted by molar-refractivity contribution is 5.92. The van der Waals surface area contributed by atoms with Gasteiger partial charge in [-0.3, -0.25) is 9.59 Å². The molecule has 40 heavy (non-hydrogen) atoms. The van der Waals surface area contributed by atoms with Crippen LogP contribution in [0.15, 0.2) is 89.3 Å². The Labute approximate surface area is 230 Å². The molecule has 1 heterocycles. The lowest BCUT2D eigenvalue weighted by Gasteiger charge is -2.09. The molecule has 0 bridgehead atoms. The Hall–Kier alpha value is -4.85. The maximum atomic E-state index is 11.0. The third-order valence-corrected chi connectivity index (χ3v) is 6.67. The van der Waals surface area contributed by atoms with Crippen LogP contribution in [0.3, 0.4) is 0 Å². The van der Waals surface area contributed by atoms with Gasteiger partial charge in [0.1, 0.15) is 23.6 Å². The highest BCUT2D eigenvalue weighted by Gasteiger charge is 2.24. The van der Waals surface area contributed by atoms with Gasteiger partial charge in [-0.15, -0.1) is 0 Å². The normalized spacial score (nSPS) is 11.2. The van der Waals surface area contributed by atoms with Crippen LogP contribution in [-0.2, 0) is 16.2 Å². The topological polar surface area (TPSA) is 119 Å². The first-order valence-electron chi connectivity index (χ1n) is 13.2. The van der Waals surface area contributed by atoms with Crippen LogP contribution in [0.4, 0.5) is 0 Å². The van der Waals surface area contributed by atoms with Crippen molar-refractivity contribution in [1.29, 1.82) is 0 Å². The van der Waals surface area contributed by atoms with Crippen molar-refractivity contribution in [3.05, 3.63) is 90.5 Å². The van der Waals surface area contributed by atoms with Gasteiger partial charge in [0.15, 0.2) is 11.5 Å². The lowest BCUT2D eigenvalue weighted by atomic mass is 10.0. The Balaban J connectivity index is 1.17. The second-order valence-electron chi connectivity index (χ2n) is 9.57. The number of aromatic nitrogens is 1. The van der Waals surface area contributed by atoms with E-state index in [0.29, 0.717) is 43.9 Å². The second-order valence-corrected chi connectivity index (χ2v) is 9.57. The van der Waals surface area contributed by atoms with Crippen LogP contribution in [0.2, 0.25) is 0 Å². The van der Waals surface area contributed by atoms with E-state index in [1.54, 1.807) is 0 Å². The molecule has 0 fully saturated rings. The van der Waals surface area contributed by atoms with Gasteiger partial charge in [-0.25, -0.2) is 4.98 Å². The summed E-state index contributed by atoms with van der Waals surface area (Å²) in [6.07, 6.45) is 2.04. The van der Waals surface area contributed by atoms with Gasteiger partial charge in [0, 0.05) is 11.6 Å². The standard InChI is InChI=1S/C32H29NO7/c34-31(35)27(32(36)37)9-5-2-6-16-38-25-13-12-22-17-24(11-10-23(22)18-25)30-33-28-15-14-26(19-29(28)40-30)39-20-21-7-3-1-4-8-21/h1,3-4,7-8,10-15,17-19,27H,2,5-6,9,16,20H2,(H,34,35)(H,36,37). The van der Waals surface area contributed by atoms with Crippen molar-refractivity contribution in [3.8, 4) is 23.0 Å². The van der Waals surface area contributed by atoms with Gasteiger partial charge in [0.25, 0.3) is 0 Å². The van der Waals surface area contributed by atoms with Crippen LogP contribution >= 0.6 is 0 Å². The zero-order valence-corrected chi connectivity index (χ0v) is 21.8. The Kier molecular flexibility index (Phi) is 8.25. The van der Waals surface area contributed by atoms with Crippen molar-refractivity contribution in [3.63, 3.8) is 0 Å². The van der Waals surface area contributed by atoms with Gasteiger partial charge in [0.05, 0.1) is 6.61 Å². The van der Waals surface area contributed by atoms with Crippen molar-refractivity contribution in [1.82, 2.24) is 4.98 Å². The van der Waals surface area contributed by atoms with E-state index in [2.05, 4.69) is 4.98 Å². The fraction of sp³-hybridized carbons (Fsp3) is 0.219. The fourth-order valence-electron chi connectivity index (χ4n) is 4.48. The summed E-state index contributed by atoms with van der Waals surface area (Å²) in [5.41, 5.74) is 3.37. The second kappa shape index (κ2) is 12.3. The third-order valence-electron chi connectivity index (χ3n) is 6.67. The molecule has 204 valence electrons. The molecule has 4 aromatic carbocycles. The third kappa shape index (κ3) is 6.58. The van der Waals surface area contributed by atoms with Crippen LogP contribution in [0, 0.1) is 5.92 Å². The summed E-state index contributed by atoms with van der Waals surface area (Å²) in [6, 6.07) is 27.5. The predicted molar refractivity (Wildman–Crippen MR) is 150 cm³/mol. The molecule has 1 aromatic heterocycles. The lowest BCUT2D eigenvalue weighted by molar-refractivity contribution is -0.154.